The Morgan fingerprint density at radius 2 is 1.96 bits per heavy atom. The van der Waals surface area contributed by atoms with Crippen LogP contribution in [0.4, 0.5) is 11.8 Å². The fraction of sp³-hybridized carbons (Fsp3) is 0.750. The molecule has 4 aliphatic heterocycles. The van der Waals surface area contributed by atoms with E-state index in [2.05, 4.69) is 25.4 Å². The van der Waals surface area contributed by atoms with Crippen molar-refractivity contribution in [3.63, 3.8) is 0 Å². The van der Waals surface area contributed by atoms with E-state index in [4.69, 9.17) is 4.98 Å². The van der Waals surface area contributed by atoms with E-state index >= 15 is 0 Å². The number of hydrogen-bond acceptors (Lipinski definition) is 8. The molecule has 2 N–H and O–H groups in total. The number of rotatable bonds is 2. The van der Waals surface area contributed by atoms with E-state index in [1.807, 2.05) is 12.3 Å². The molecule has 1 aromatic heterocycles. The summed E-state index contributed by atoms with van der Waals surface area (Å²) in [4.78, 5) is 13.7. The van der Waals surface area contributed by atoms with E-state index in [0.717, 1.165) is 37.9 Å². The van der Waals surface area contributed by atoms with Crippen LogP contribution in [0.1, 0.15) is 12.8 Å². The molecular weight excluding hydrogens is 340 g/mol. The molecule has 25 heavy (non-hydrogen) atoms. The molecule has 5 heterocycles. The summed E-state index contributed by atoms with van der Waals surface area (Å²) in [5, 5.41) is 6.98. The van der Waals surface area contributed by atoms with Gasteiger partial charge in [-0.2, -0.15) is 4.98 Å². The Balaban J connectivity index is 1.41. The fourth-order valence-corrected chi connectivity index (χ4v) is 6.72. The van der Waals surface area contributed by atoms with Crippen LogP contribution in [-0.2, 0) is 9.84 Å². The zero-order chi connectivity index (χ0) is 17.0. The van der Waals surface area contributed by atoms with Crippen molar-refractivity contribution in [3.8, 4) is 0 Å². The lowest BCUT2D eigenvalue weighted by Crippen LogP contribution is -2.58. The first kappa shape index (κ1) is 15.8. The van der Waals surface area contributed by atoms with Gasteiger partial charge in [0.25, 0.3) is 0 Å². The summed E-state index contributed by atoms with van der Waals surface area (Å²) in [6.45, 7) is 3.46. The molecule has 5 rings (SSSR count). The highest BCUT2D eigenvalue weighted by molar-refractivity contribution is 7.91. The van der Waals surface area contributed by atoms with Gasteiger partial charge in [-0.3, -0.25) is 0 Å². The van der Waals surface area contributed by atoms with Crippen molar-refractivity contribution in [3.05, 3.63) is 12.3 Å². The highest BCUT2D eigenvalue weighted by Crippen LogP contribution is 2.28. The minimum Gasteiger partial charge on any atom is -0.350 e. The molecule has 0 unspecified atom stereocenters. The molecule has 0 amide bonds. The van der Waals surface area contributed by atoms with Gasteiger partial charge >= 0.3 is 0 Å². The first-order valence-electron chi connectivity index (χ1n) is 9.12. The van der Waals surface area contributed by atoms with E-state index < -0.39 is 9.84 Å². The maximum absolute atomic E-state index is 12.1. The molecule has 0 saturated carbocycles. The van der Waals surface area contributed by atoms with Gasteiger partial charge in [0.05, 0.1) is 17.5 Å². The van der Waals surface area contributed by atoms with Crippen LogP contribution < -0.4 is 20.4 Å². The molecule has 136 valence electrons. The molecule has 1 aromatic rings. The average molecular weight is 364 g/mol. The van der Waals surface area contributed by atoms with Crippen LogP contribution in [0, 0.1) is 0 Å². The van der Waals surface area contributed by atoms with Crippen LogP contribution >= 0.6 is 0 Å². The third-order valence-electron chi connectivity index (χ3n) is 5.90. The third kappa shape index (κ3) is 2.88. The summed E-state index contributed by atoms with van der Waals surface area (Å²) >= 11 is 0. The van der Waals surface area contributed by atoms with Gasteiger partial charge in [0.15, 0.2) is 9.84 Å². The van der Waals surface area contributed by atoms with Gasteiger partial charge < -0.3 is 20.4 Å². The molecule has 4 saturated heterocycles. The van der Waals surface area contributed by atoms with Crippen molar-refractivity contribution in [2.24, 2.45) is 0 Å². The maximum atomic E-state index is 12.1. The molecule has 2 bridgehead atoms. The molecule has 4 atom stereocenters. The summed E-state index contributed by atoms with van der Waals surface area (Å²) in [5.74, 6) is 2.06. The van der Waals surface area contributed by atoms with Gasteiger partial charge in [-0.25, -0.2) is 13.4 Å². The average Bonchev–Trinajstić information content (AvgIpc) is 3.11. The second kappa shape index (κ2) is 5.78. The third-order valence-corrected chi connectivity index (χ3v) is 7.62. The molecule has 0 radical (unpaired) electrons. The van der Waals surface area contributed by atoms with Gasteiger partial charge in [-0.1, -0.05) is 0 Å². The van der Waals surface area contributed by atoms with Crippen LogP contribution in [-0.4, -0.2) is 80.2 Å². The predicted molar refractivity (Wildman–Crippen MR) is 95.8 cm³/mol. The lowest BCUT2D eigenvalue weighted by Gasteiger charge is -2.39. The van der Waals surface area contributed by atoms with Crippen LogP contribution in [0.3, 0.4) is 0 Å². The molecule has 0 aliphatic carbocycles. The van der Waals surface area contributed by atoms with E-state index in [0.29, 0.717) is 12.1 Å². The Bertz CT molecular complexity index is 760. The zero-order valence-electron chi connectivity index (χ0n) is 14.1. The van der Waals surface area contributed by atoms with E-state index in [1.54, 1.807) is 0 Å². The number of fused-ring (bicyclic) bond motifs is 3. The predicted octanol–water partition coefficient (Wildman–Crippen LogP) is -1.01. The van der Waals surface area contributed by atoms with Crippen LogP contribution in [0.2, 0.25) is 0 Å². The van der Waals surface area contributed by atoms with Gasteiger partial charge in [0.2, 0.25) is 5.95 Å². The molecule has 0 aromatic carbocycles. The zero-order valence-corrected chi connectivity index (χ0v) is 15.0. The SMILES string of the molecule is O=S1(=O)C[C@@H]2NCCN(c3ccnc(N4C[C@H]5CC[C@@H](C4)N5)n3)[C@@H]2C1. The number of piperazine rings is 2. The first-order chi connectivity index (χ1) is 12.1. The quantitative estimate of drug-likeness (QED) is 0.690. The summed E-state index contributed by atoms with van der Waals surface area (Å²) in [6, 6.07) is 2.96. The number of sulfone groups is 1. The Hall–Kier alpha value is -1.45. The van der Waals surface area contributed by atoms with E-state index in [-0.39, 0.29) is 23.6 Å². The number of hydrogen-bond donors (Lipinski definition) is 2. The van der Waals surface area contributed by atoms with Crippen molar-refractivity contribution in [2.45, 2.75) is 37.0 Å². The Labute approximate surface area is 147 Å². The highest BCUT2D eigenvalue weighted by atomic mass is 32.2. The number of nitrogens with zero attached hydrogens (tertiary/aromatic N) is 4. The smallest absolute Gasteiger partial charge is 0.227 e. The van der Waals surface area contributed by atoms with Crippen LogP contribution in [0.25, 0.3) is 0 Å². The second-order valence-corrected chi connectivity index (χ2v) is 9.81. The summed E-state index contributed by atoms with van der Waals surface area (Å²) in [6.07, 6.45) is 4.25. The lowest BCUT2D eigenvalue weighted by molar-refractivity contribution is 0.422. The monoisotopic (exact) mass is 364 g/mol. The van der Waals surface area contributed by atoms with Crippen molar-refractivity contribution in [2.75, 3.05) is 47.5 Å². The lowest BCUT2D eigenvalue weighted by atomic mass is 10.1. The summed E-state index contributed by atoms with van der Waals surface area (Å²) in [7, 11) is -2.97. The molecule has 4 aliphatic rings. The topological polar surface area (TPSA) is 90.5 Å². The largest absolute Gasteiger partial charge is 0.350 e. The molecule has 9 heteroatoms. The van der Waals surface area contributed by atoms with E-state index in [9.17, 15) is 8.42 Å². The van der Waals surface area contributed by atoms with Gasteiger partial charge in [-0.05, 0) is 18.9 Å². The maximum Gasteiger partial charge on any atom is 0.227 e. The van der Waals surface area contributed by atoms with Gasteiger partial charge in [-0.15, -0.1) is 0 Å². The Kier molecular flexibility index (Phi) is 3.65. The summed E-state index contributed by atoms with van der Waals surface area (Å²) in [5.41, 5.74) is 0. The second-order valence-electron chi connectivity index (χ2n) is 7.66. The standard InChI is InChI=1S/C16H24N6O2S/c23-25(24)9-13-14(10-25)22(6-5-17-13)15-3-4-18-16(20-15)21-7-11-1-2-12(8-21)19-11/h3-4,11-14,17,19H,1-2,5-10H2/t11-,12+,13-,14+/m0/s1. The summed E-state index contributed by atoms with van der Waals surface area (Å²) < 4.78 is 24.1. The molecule has 4 fully saturated rings. The van der Waals surface area contributed by atoms with Crippen molar-refractivity contribution in [1.82, 2.24) is 20.6 Å². The van der Waals surface area contributed by atoms with Crippen LogP contribution in [0.5, 0.6) is 0 Å². The minimum absolute atomic E-state index is 0.00666. The van der Waals surface area contributed by atoms with Crippen molar-refractivity contribution >= 4 is 21.6 Å². The molecule has 8 nitrogen and oxygen atoms in total. The number of aromatic nitrogens is 2. The van der Waals surface area contributed by atoms with Gasteiger partial charge in [0.1, 0.15) is 5.82 Å². The Morgan fingerprint density at radius 1 is 1.16 bits per heavy atom. The normalized spacial score (nSPS) is 36.5. The number of nitrogens with one attached hydrogen (secondary N) is 2. The van der Waals surface area contributed by atoms with Crippen LogP contribution in [0.15, 0.2) is 12.3 Å². The van der Waals surface area contributed by atoms with Crippen molar-refractivity contribution in [1.29, 1.82) is 0 Å². The molecule has 0 spiro atoms. The fourth-order valence-electron chi connectivity index (χ4n) is 4.76. The molecular formula is C16H24N6O2S. The van der Waals surface area contributed by atoms with Crippen molar-refractivity contribution < 1.29 is 8.42 Å². The Morgan fingerprint density at radius 3 is 2.76 bits per heavy atom. The highest BCUT2D eigenvalue weighted by Gasteiger charge is 2.43. The number of anilines is 2. The van der Waals surface area contributed by atoms with Gasteiger partial charge in [0, 0.05) is 50.5 Å². The van der Waals surface area contributed by atoms with E-state index in [1.165, 1.54) is 12.8 Å². The minimum atomic E-state index is -2.97. The first-order valence-corrected chi connectivity index (χ1v) is 10.9.